The highest BCUT2D eigenvalue weighted by Gasteiger charge is 2.13. The van der Waals surface area contributed by atoms with Crippen molar-refractivity contribution in [1.82, 2.24) is 5.32 Å². The number of rotatable bonds is 5. The number of hydrogen-bond donors (Lipinski definition) is 1. The summed E-state index contributed by atoms with van der Waals surface area (Å²) in [5.41, 5.74) is 1.06. The molecule has 0 spiro atoms. The van der Waals surface area contributed by atoms with Gasteiger partial charge in [-0.1, -0.05) is 17.7 Å². The Bertz CT molecular complexity index is 656. The lowest BCUT2D eigenvalue weighted by atomic mass is 10.1. The Morgan fingerprint density at radius 3 is 2.90 bits per heavy atom. The van der Waals surface area contributed by atoms with Crippen molar-refractivity contribution >= 4 is 28.8 Å². The maximum Gasteiger partial charge on any atom is 0.231 e. The zero-order valence-electron chi connectivity index (χ0n) is 11.2. The van der Waals surface area contributed by atoms with Crippen LogP contribution in [0, 0.1) is 0 Å². The molecule has 0 unspecified atom stereocenters. The van der Waals surface area contributed by atoms with E-state index in [1.807, 2.05) is 30.3 Å². The van der Waals surface area contributed by atoms with Gasteiger partial charge in [0.15, 0.2) is 11.5 Å². The fourth-order valence-corrected chi connectivity index (χ4v) is 3.10. The maximum atomic E-state index is 11.8. The largest absolute Gasteiger partial charge is 0.454 e. The van der Waals surface area contributed by atoms with Crippen molar-refractivity contribution < 1.29 is 14.3 Å². The number of thiophene rings is 1. The smallest absolute Gasteiger partial charge is 0.231 e. The summed E-state index contributed by atoms with van der Waals surface area (Å²) in [7, 11) is 0. The Balaban J connectivity index is 1.47. The molecule has 0 radical (unpaired) electrons. The molecule has 0 aliphatic carbocycles. The second kappa shape index (κ2) is 6.37. The van der Waals surface area contributed by atoms with Gasteiger partial charge in [-0.05, 0) is 36.2 Å². The van der Waals surface area contributed by atoms with E-state index < -0.39 is 0 Å². The lowest BCUT2D eigenvalue weighted by Crippen LogP contribution is -2.22. The number of nitrogens with one attached hydrogen (secondary N) is 1. The van der Waals surface area contributed by atoms with E-state index in [0.717, 1.165) is 26.3 Å². The third-order valence-electron chi connectivity index (χ3n) is 3.17. The lowest BCUT2D eigenvalue weighted by molar-refractivity contribution is -0.121. The Hall–Kier alpha value is -1.72. The van der Waals surface area contributed by atoms with Crippen LogP contribution in [-0.4, -0.2) is 12.7 Å². The van der Waals surface area contributed by atoms with E-state index in [9.17, 15) is 4.79 Å². The topological polar surface area (TPSA) is 47.6 Å². The van der Waals surface area contributed by atoms with E-state index in [1.54, 1.807) is 0 Å². The summed E-state index contributed by atoms with van der Waals surface area (Å²) < 4.78 is 11.3. The van der Waals surface area contributed by atoms with Crippen LogP contribution in [0.1, 0.15) is 16.9 Å². The number of amides is 1. The first-order valence-electron chi connectivity index (χ1n) is 6.60. The third kappa shape index (κ3) is 3.68. The highest BCUT2D eigenvalue weighted by atomic mass is 35.5. The average Bonchev–Trinajstić information content (AvgIpc) is 3.10. The van der Waals surface area contributed by atoms with Crippen LogP contribution < -0.4 is 14.8 Å². The lowest BCUT2D eigenvalue weighted by Gasteiger charge is -2.05. The molecule has 1 aromatic heterocycles. The highest BCUT2D eigenvalue weighted by Crippen LogP contribution is 2.32. The van der Waals surface area contributed by atoms with Gasteiger partial charge in [0, 0.05) is 11.3 Å². The zero-order valence-corrected chi connectivity index (χ0v) is 12.8. The number of ether oxygens (including phenoxy) is 2. The summed E-state index contributed by atoms with van der Waals surface area (Å²) >= 11 is 7.33. The minimum atomic E-state index is 0.0252. The number of benzene rings is 1. The van der Waals surface area contributed by atoms with Gasteiger partial charge in [-0.3, -0.25) is 4.79 Å². The van der Waals surface area contributed by atoms with Gasteiger partial charge in [0.2, 0.25) is 12.7 Å². The normalized spacial score (nSPS) is 12.4. The molecule has 0 atom stereocenters. The van der Waals surface area contributed by atoms with Crippen LogP contribution in [0.5, 0.6) is 11.5 Å². The van der Waals surface area contributed by atoms with Crippen LogP contribution >= 0.6 is 22.9 Å². The summed E-state index contributed by atoms with van der Waals surface area (Å²) in [6.45, 7) is 0.792. The zero-order chi connectivity index (χ0) is 14.7. The van der Waals surface area contributed by atoms with Crippen LogP contribution in [0.2, 0.25) is 4.34 Å². The van der Waals surface area contributed by atoms with Crippen molar-refractivity contribution in [3.05, 3.63) is 45.1 Å². The van der Waals surface area contributed by atoms with E-state index in [-0.39, 0.29) is 12.7 Å². The Morgan fingerprint density at radius 1 is 1.24 bits per heavy atom. The van der Waals surface area contributed by atoms with Crippen LogP contribution in [-0.2, 0) is 17.8 Å². The molecule has 0 saturated heterocycles. The van der Waals surface area contributed by atoms with Gasteiger partial charge in [-0.2, -0.15) is 0 Å². The molecular formula is C15H14ClNO3S. The van der Waals surface area contributed by atoms with Gasteiger partial charge >= 0.3 is 0 Å². The molecule has 1 aliphatic heterocycles. The number of aryl methyl sites for hydroxylation is 1. The molecule has 2 heterocycles. The summed E-state index contributed by atoms with van der Waals surface area (Å²) in [6.07, 6.45) is 1.12. The monoisotopic (exact) mass is 323 g/mol. The van der Waals surface area contributed by atoms with Gasteiger partial charge < -0.3 is 14.8 Å². The van der Waals surface area contributed by atoms with Crippen molar-refractivity contribution in [3.8, 4) is 11.5 Å². The molecule has 4 nitrogen and oxygen atoms in total. The van der Waals surface area contributed by atoms with E-state index in [0.29, 0.717) is 19.4 Å². The number of carbonyl (C=O) groups is 1. The fourth-order valence-electron chi connectivity index (χ4n) is 2.08. The van der Waals surface area contributed by atoms with Crippen LogP contribution in [0.15, 0.2) is 30.3 Å². The Labute approximate surface area is 131 Å². The van der Waals surface area contributed by atoms with Gasteiger partial charge in [-0.25, -0.2) is 0 Å². The summed E-state index contributed by atoms with van der Waals surface area (Å²) in [4.78, 5) is 12.9. The van der Waals surface area contributed by atoms with E-state index in [1.165, 1.54) is 11.3 Å². The standard InChI is InChI=1S/C15H14ClNO3S/c16-14-5-3-11(21-14)8-17-15(18)6-2-10-1-4-12-13(7-10)20-9-19-12/h1,3-5,7H,2,6,8-9H2,(H,17,18). The summed E-state index contributed by atoms with van der Waals surface area (Å²) in [5.74, 6) is 1.54. The quantitative estimate of drug-likeness (QED) is 0.917. The molecular weight excluding hydrogens is 310 g/mol. The van der Waals surface area contributed by atoms with Crippen molar-refractivity contribution in [3.63, 3.8) is 0 Å². The molecule has 1 N–H and O–H groups in total. The first kappa shape index (κ1) is 14.2. The Kier molecular flexibility index (Phi) is 4.31. The van der Waals surface area contributed by atoms with Crippen LogP contribution in [0.3, 0.4) is 0 Å². The van der Waals surface area contributed by atoms with Crippen molar-refractivity contribution in [1.29, 1.82) is 0 Å². The number of hydrogen-bond acceptors (Lipinski definition) is 4. The van der Waals surface area contributed by atoms with Gasteiger partial charge in [0.1, 0.15) is 0 Å². The minimum absolute atomic E-state index is 0.0252. The fraction of sp³-hybridized carbons (Fsp3) is 0.267. The van der Waals surface area contributed by atoms with Crippen molar-refractivity contribution in [2.24, 2.45) is 0 Å². The molecule has 6 heteroatoms. The minimum Gasteiger partial charge on any atom is -0.454 e. The second-order valence-corrected chi connectivity index (χ2v) is 6.47. The molecule has 0 saturated carbocycles. The number of fused-ring (bicyclic) bond motifs is 1. The molecule has 1 aromatic carbocycles. The van der Waals surface area contributed by atoms with Crippen LogP contribution in [0.25, 0.3) is 0 Å². The third-order valence-corrected chi connectivity index (χ3v) is 4.40. The molecule has 1 amide bonds. The van der Waals surface area contributed by atoms with Crippen molar-refractivity contribution in [2.45, 2.75) is 19.4 Å². The van der Waals surface area contributed by atoms with E-state index in [2.05, 4.69) is 5.32 Å². The predicted molar refractivity (Wildman–Crippen MR) is 82.1 cm³/mol. The van der Waals surface area contributed by atoms with E-state index in [4.69, 9.17) is 21.1 Å². The first-order chi connectivity index (χ1) is 10.2. The Morgan fingerprint density at radius 2 is 2.10 bits per heavy atom. The van der Waals surface area contributed by atoms with E-state index >= 15 is 0 Å². The van der Waals surface area contributed by atoms with Crippen LogP contribution in [0.4, 0.5) is 0 Å². The molecule has 3 rings (SSSR count). The molecule has 110 valence electrons. The second-order valence-electron chi connectivity index (χ2n) is 4.67. The highest BCUT2D eigenvalue weighted by molar-refractivity contribution is 7.16. The molecule has 0 bridgehead atoms. The molecule has 0 fully saturated rings. The first-order valence-corrected chi connectivity index (χ1v) is 7.79. The average molecular weight is 324 g/mol. The summed E-state index contributed by atoms with van der Waals surface area (Å²) in [6, 6.07) is 9.52. The number of carbonyl (C=O) groups excluding carboxylic acids is 1. The SMILES string of the molecule is O=C(CCc1ccc2c(c1)OCO2)NCc1ccc(Cl)s1. The predicted octanol–water partition coefficient (Wildman–Crippen LogP) is 3.38. The molecule has 2 aromatic rings. The van der Waals surface area contributed by atoms with Gasteiger partial charge in [0.25, 0.3) is 0 Å². The molecule has 21 heavy (non-hydrogen) atoms. The molecule has 1 aliphatic rings. The van der Waals surface area contributed by atoms with Crippen molar-refractivity contribution in [2.75, 3.05) is 6.79 Å². The summed E-state index contributed by atoms with van der Waals surface area (Å²) in [5, 5.41) is 2.89. The number of halogens is 1. The van der Waals surface area contributed by atoms with Gasteiger partial charge in [0.05, 0.1) is 10.9 Å². The van der Waals surface area contributed by atoms with Gasteiger partial charge in [-0.15, -0.1) is 11.3 Å². The maximum absolute atomic E-state index is 11.8.